The molecule has 3 heterocycles. The number of nitrogens with zero attached hydrogens (tertiary/aromatic N) is 2. The maximum absolute atomic E-state index is 12.4. The molecule has 0 unspecified atom stereocenters. The number of hydrogen-bond acceptors (Lipinski definition) is 6. The number of benzene rings is 1. The summed E-state index contributed by atoms with van der Waals surface area (Å²) < 4.78 is 30.5. The molecule has 0 fully saturated rings. The average molecular weight is 426 g/mol. The normalized spacial score (nSPS) is 13.1. The summed E-state index contributed by atoms with van der Waals surface area (Å²) in [6, 6.07) is 8.90. The quantitative estimate of drug-likeness (QED) is 0.489. The molecule has 0 aliphatic carbocycles. The summed E-state index contributed by atoms with van der Waals surface area (Å²) in [7, 11) is -3.34. The monoisotopic (exact) mass is 425 g/mol. The average Bonchev–Trinajstić information content (AvgIpc) is 3.11. The van der Waals surface area contributed by atoms with Gasteiger partial charge in [0.2, 0.25) is 5.88 Å². The molecule has 0 bridgehead atoms. The lowest BCUT2D eigenvalue weighted by Gasteiger charge is -2.11. The van der Waals surface area contributed by atoms with Gasteiger partial charge in [-0.2, -0.15) is 0 Å². The van der Waals surface area contributed by atoms with Crippen molar-refractivity contribution in [1.82, 2.24) is 15.0 Å². The topological polar surface area (TPSA) is 105 Å². The zero-order valence-electron chi connectivity index (χ0n) is 17.0. The smallest absolute Gasteiger partial charge is 0.238 e. The number of nitrogens with one attached hydrogen (secondary N) is 1. The first-order valence-corrected chi connectivity index (χ1v) is 11.4. The van der Waals surface area contributed by atoms with Gasteiger partial charge in [-0.1, -0.05) is 19.1 Å². The number of pyridine rings is 2. The molecule has 8 heteroatoms. The summed E-state index contributed by atoms with van der Waals surface area (Å²) in [6.45, 7) is 5.34. The van der Waals surface area contributed by atoms with Gasteiger partial charge in [0.15, 0.2) is 9.84 Å². The molecule has 0 spiro atoms. The molecule has 1 atom stereocenters. The maximum Gasteiger partial charge on any atom is 0.238 e. The highest BCUT2D eigenvalue weighted by Gasteiger charge is 2.19. The summed E-state index contributed by atoms with van der Waals surface area (Å²) in [5.41, 5.74) is 3.86. The Labute approximate surface area is 174 Å². The molecule has 7 nitrogen and oxygen atoms in total. The highest BCUT2D eigenvalue weighted by molar-refractivity contribution is 7.91. The molecule has 156 valence electrons. The third-order valence-electron chi connectivity index (χ3n) is 4.93. The van der Waals surface area contributed by atoms with Crippen LogP contribution in [0.3, 0.4) is 0 Å². The van der Waals surface area contributed by atoms with E-state index in [9.17, 15) is 13.5 Å². The predicted octanol–water partition coefficient (Wildman–Crippen LogP) is 3.64. The van der Waals surface area contributed by atoms with Crippen LogP contribution in [0.2, 0.25) is 0 Å². The first-order chi connectivity index (χ1) is 14.3. The SMILES string of the molecule is CCS(=O)(=O)c1cccc(-c2cnc(OC[C@@H](C)O)c3[nH]c4ncc(C)cc4c23)c1. The fourth-order valence-corrected chi connectivity index (χ4v) is 4.34. The number of aliphatic hydroxyl groups excluding tert-OH is 1. The molecule has 30 heavy (non-hydrogen) atoms. The van der Waals surface area contributed by atoms with Crippen molar-refractivity contribution < 1.29 is 18.3 Å². The van der Waals surface area contributed by atoms with E-state index in [0.29, 0.717) is 17.0 Å². The van der Waals surface area contributed by atoms with Crippen LogP contribution in [0.1, 0.15) is 19.4 Å². The molecule has 4 rings (SSSR count). The Morgan fingerprint density at radius 2 is 2.00 bits per heavy atom. The Morgan fingerprint density at radius 1 is 1.20 bits per heavy atom. The predicted molar refractivity (Wildman–Crippen MR) is 116 cm³/mol. The number of aliphatic hydroxyl groups is 1. The van der Waals surface area contributed by atoms with Crippen LogP contribution < -0.4 is 4.74 Å². The Kier molecular flexibility index (Phi) is 5.21. The van der Waals surface area contributed by atoms with Crippen molar-refractivity contribution in [3.8, 4) is 17.0 Å². The first kappa shape index (κ1) is 20.3. The van der Waals surface area contributed by atoms with E-state index in [1.807, 2.05) is 19.1 Å². The molecule has 0 saturated heterocycles. The molecule has 2 N–H and O–H groups in total. The molecule has 3 aromatic heterocycles. The second kappa shape index (κ2) is 7.70. The van der Waals surface area contributed by atoms with Crippen molar-refractivity contribution in [2.75, 3.05) is 12.4 Å². The van der Waals surface area contributed by atoms with E-state index in [4.69, 9.17) is 4.74 Å². The highest BCUT2D eigenvalue weighted by Crippen LogP contribution is 2.38. The minimum atomic E-state index is -3.34. The zero-order valence-corrected chi connectivity index (χ0v) is 17.8. The van der Waals surface area contributed by atoms with E-state index >= 15 is 0 Å². The van der Waals surface area contributed by atoms with E-state index in [-0.39, 0.29) is 17.3 Å². The third kappa shape index (κ3) is 3.64. The maximum atomic E-state index is 12.4. The van der Waals surface area contributed by atoms with E-state index in [0.717, 1.165) is 27.5 Å². The second-order valence-electron chi connectivity index (χ2n) is 7.35. The van der Waals surface area contributed by atoms with E-state index in [1.54, 1.807) is 44.4 Å². The number of aromatic nitrogens is 3. The van der Waals surface area contributed by atoms with Crippen LogP contribution in [0.15, 0.2) is 47.6 Å². The van der Waals surface area contributed by atoms with Gasteiger partial charge in [-0.05, 0) is 43.2 Å². The van der Waals surface area contributed by atoms with Gasteiger partial charge < -0.3 is 14.8 Å². The van der Waals surface area contributed by atoms with Gasteiger partial charge in [-0.25, -0.2) is 18.4 Å². The molecule has 0 aliphatic rings. The summed E-state index contributed by atoms with van der Waals surface area (Å²) in [5.74, 6) is 0.398. The molecule has 1 aromatic carbocycles. The number of hydrogen-bond donors (Lipinski definition) is 2. The van der Waals surface area contributed by atoms with E-state index < -0.39 is 15.9 Å². The van der Waals surface area contributed by atoms with Crippen molar-refractivity contribution in [1.29, 1.82) is 0 Å². The number of ether oxygens (including phenoxy) is 1. The van der Waals surface area contributed by atoms with Crippen molar-refractivity contribution in [3.05, 3.63) is 48.3 Å². The molecule has 0 saturated carbocycles. The van der Waals surface area contributed by atoms with Crippen LogP contribution in [-0.4, -0.2) is 46.9 Å². The van der Waals surface area contributed by atoms with Crippen molar-refractivity contribution in [2.45, 2.75) is 31.8 Å². The van der Waals surface area contributed by atoms with Crippen LogP contribution in [-0.2, 0) is 9.84 Å². The minimum absolute atomic E-state index is 0.0342. The van der Waals surface area contributed by atoms with E-state index in [2.05, 4.69) is 15.0 Å². The molecule has 0 aliphatic heterocycles. The number of H-pyrrole nitrogens is 1. The van der Waals surface area contributed by atoms with E-state index in [1.165, 1.54) is 0 Å². The minimum Gasteiger partial charge on any atom is -0.473 e. The van der Waals surface area contributed by atoms with Gasteiger partial charge in [0.25, 0.3) is 0 Å². The van der Waals surface area contributed by atoms with Crippen LogP contribution in [0.4, 0.5) is 0 Å². The Bertz CT molecular complexity index is 1340. The zero-order chi connectivity index (χ0) is 21.5. The van der Waals surface area contributed by atoms with Gasteiger partial charge in [-0.3, -0.25) is 0 Å². The lowest BCUT2D eigenvalue weighted by atomic mass is 10.0. The van der Waals surface area contributed by atoms with Gasteiger partial charge in [-0.15, -0.1) is 0 Å². The second-order valence-corrected chi connectivity index (χ2v) is 9.63. The van der Waals surface area contributed by atoms with Crippen LogP contribution in [0.5, 0.6) is 5.88 Å². The van der Waals surface area contributed by atoms with Crippen LogP contribution >= 0.6 is 0 Å². The Balaban J connectivity index is 1.99. The number of aryl methyl sites for hydroxylation is 1. The summed E-state index contributed by atoms with van der Waals surface area (Å²) in [4.78, 5) is 12.5. The summed E-state index contributed by atoms with van der Waals surface area (Å²) in [6.07, 6.45) is 2.81. The molecular weight excluding hydrogens is 402 g/mol. The molecule has 0 amide bonds. The number of fused-ring (bicyclic) bond motifs is 3. The largest absolute Gasteiger partial charge is 0.473 e. The molecular formula is C22H23N3O4S. The van der Waals surface area contributed by atoms with Gasteiger partial charge >= 0.3 is 0 Å². The van der Waals surface area contributed by atoms with Gasteiger partial charge in [0.1, 0.15) is 17.8 Å². The fourth-order valence-electron chi connectivity index (χ4n) is 3.42. The Morgan fingerprint density at radius 3 is 2.73 bits per heavy atom. The van der Waals surface area contributed by atoms with Crippen LogP contribution in [0, 0.1) is 6.92 Å². The lowest BCUT2D eigenvalue weighted by molar-refractivity contribution is 0.121. The number of aromatic amines is 1. The fraction of sp³-hybridized carbons (Fsp3) is 0.273. The number of rotatable bonds is 6. The first-order valence-electron chi connectivity index (χ1n) is 9.71. The molecule has 4 aromatic rings. The van der Waals surface area contributed by atoms with Gasteiger partial charge in [0, 0.05) is 28.7 Å². The number of sulfone groups is 1. The lowest BCUT2D eigenvalue weighted by Crippen LogP contribution is -2.13. The standard InChI is InChI=1S/C22H23N3O4S/c1-4-30(27,28)16-7-5-6-15(9-16)18-11-24-22(29-12-14(3)26)20-19(18)17-8-13(2)10-23-21(17)25-20/h5-11,14,26H,4,12H2,1-3H3,(H,23,25)/t14-/m1/s1. The Hall–Kier alpha value is -2.97. The highest BCUT2D eigenvalue weighted by atomic mass is 32.2. The van der Waals surface area contributed by atoms with Crippen molar-refractivity contribution >= 4 is 31.8 Å². The summed E-state index contributed by atoms with van der Waals surface area (Å²) in [5, 5.41) is 11.3. The van der Waals surface area contributed by atoms with Gasteiger partial charge in [0.05, 0.1) is 16.8 Å². The van der Waals surface area contributed by atoms with Crippen molar-refractivity contribution in [3.63, 3.8) is 0 Å². The van der Waals surface area contributed by atoms with Crippen LogP contribution in [0.25, 0.3) is 33.1 Å². The molecule has 0 radical (unpaired) electrons. The summed E-state index contributed by atoms with van der Waals surface area (Å²) >= 11 is 0. The third-order valence-corrected chi connectivity index (χ3v) is 6.66. The van der Waals surface area contributed by atoms with Crippen molar-refractivity contribution in [2.24, 2.45) is 0 Å².